The van der Waals surface area contributed by atoms with Crippen LogP contribution in [0, 0.1) is 0 Å². The van der Waals surface area contributed by atoms with Crippen molar-refractivity contribution in [2.24, 2.45) is 0 Å². The molecule has 3 nitrogen and oxygen atoms in total. The number of phenolic OH excluding ortho intramolecular Hbond substituents is 1. The molecule has 0 unspecified atom stereocenters. The minimum Gasteiger partial charge on any atom is -0.507 e. The highest BCUT2D eigenvalue weighted by Gasteiger charge is 2.36. The first kappa shape index (κ1) is 18.6. The second-order valence-corrected chi connectivity index (χ2v) is 5.11. The van der Waals surface area contributed by atoms with Gasteiger partial charge in [-0.1, -0.05) is 12.1 Å². The van der Waals surface area contributed by atoms with Crippen LogP contribution in [-0.2, 0) is 18.9 Å². The highest BCUT2D eigenvalue weighted by molar-refractivity contribution is 5.96. The summed E-state index contributed by atoms with van der Waals surface area (Å²) < 4.78 is 76.6. The first-order valence-corrected chi connectivity index (χ1v) is 6.83. The summed E-state index contributed by atoms with van der Waals surface area (Å²) in [6, 6.07) is 6.45. The number of aromatic hydroxyl groups is 1. The lowest BCUT2D eigenvalue weighted by atomic mass is 10.0. The van der Waals surface area contributed by atoms with E-state index in [0.29, 0.717) is 12.1 Å². The predicted octanol–water partition coefficient (Wildman–Crippen LogP) is 4.36. The maximum atomic E-state index is 12.8. The van der Waals surface area contributed by atoms with Crippen LogP contribution in [0.3, 0.4) is 0 Å². The minimum atomic E-state index is -4.96. The van der Waals surface area contributed by atoms with Crippen LogP contribution in [0.4, 0.5) is 26.3 Å². The van der Waals surface area contributed by atoms with Crippen LogP contribution in [-0.4, -0.2) is 11.0 Å². The highest BCUT2D eigenvalue weighted by Crippen LogP contribution is 2.36. The van der Waals surface area contributed by atoms with Gasteiger partial charge in [-0.25, -0.2) is 0 Å². The van der Waals surface area contributed by atoms with Gasteiger partial charge in [-0.15, -0.1) is 0 Å². The Bertz CT molecular complexity index is 751. The number of nitrogens with one attached hydrogen (secondary N) is 1. The van der Waals surface area contributed by atoms with Crippen molar-refractivity contribution in [1.29, 1.82) is 0 Å². The summed E-state index contributed by atoms with van der Waals surface area (Å²) in [4.78, 5) is 11.9. The summed E-state index contributed by atoms with van der Waals surface area (Å²) in [5.74, 6) is -1.19. The van der Waals surface area contributed by atoms with E-state index in [-0.39, 0.29) is 22.9 Å². The lowest BCUT2D eigenvalue weighted by molar-refractivity contribution is -0.143. The van der Waals surface area contributed by atoms with E-state index in [1.54, 1.807) is 0 Å². The summed E-state index contributed by atoms with van der Waals surface area (Å²) in [6.45, 7) is -0.569. The summed E-state index contributed by atoms with van der Waals surface area (Å²) in [5, 5.41) is 11.7. The van der Waals surface area contributed by atoms with Gasteiger partial charge in [0.05, 0.1) is 16.7 Å². The fourth-order valence-electron chi connectivity index (χ4n) is 2.06. The topological polar surface area (TPSA) is 49.3 Å². The molecular weight excluding hydrogens is 352 g/mol. The van der Waals surface area contributed by atoms with Crippen LogP contribution >= 0.6 is 0 Å². The van der Waals surface area contributed by atoms with Gasteiger partial charge in [0.15, 0.2) is 0 Å². The average molecular weight is 363 g/mol. The number of hydrogen-bond acceptors (Lipinski definition) is 2. The number of benzene rings is 2. The van der Waals surface area contributed by atoms with E-state index in [4.69, 9.17) is 0 Å². The van der Waals surface area contributed by atoms with E-state index in [0.717, 1.165) is 0 Å². The molecule has 2 aromatic carbocycles. The standard InChI is InChI=1S/C16H11F6NO2/c17-15(18,19)10-5-9(6-11(7-10)16(20,21)22)8-23-14(25)12-3-1-2-4-13(12)24/h1-7,24H,8H2,(H,23,25). The van der Waals surface area contributed by atoms with E-state index in [1.807, 2.05) is 0 Å². The van der Waals surface area contributed by atoms with Crippen LogP contribution in [0.1, 0.15) is 27.0 Å². The summed E-state index contributed by atoms with van der Waals surface area (Å²) in [6.07, 6.45) is -9.92. The SMILES string of the molecule is O=C(NCc1cc(C(F)(F)F)cc(C(F)(F)F)c1)c1ccccc1O. The average Bonchev–Trinajstić information content (AvgIpc) is 2.51. The van der Waals surface area contributed by atoms with Crippen molar-refractivity contribution in [2.45, 2.75) is 18.9 Å². The zero-order valence-corrected chi connectivity index (χ0v) is 12.4. The molecule has 2 aromatic rings. The molecule has 0 radical (unpaired) electrons. The smallest absolute Gasteiger partial charge is 0.416 e. The molecule has 0 fully saturated rings. The fraction of sp³-hybridized carbons (Fsp3) is 0.188. The van der Waals surface area contributed by atoms with E-state index >= 15 is 0 Å². The van der Waals surface area contributed by atoms with Crippen molar-refractivity contribution in [2.75, 3.05) is 0 Å². The van der Waals surface area contributed by atoms with Crippen LogP contribution < -0.4 is 5.32 Å². The number of carbonyl (C=O) groups excluding carboxylic acids is 1. The molecule has 0 bridgehead atoms. The Balaban J connectivity index is 2.27. The largest absolute Gasteiger partial charge is 0.507 e. The lowest BCUT2D eigenvalue weighted by Gasteiger charge is -2.14. The summed E-state index contributed by atoms with van der Waals surface area (Å²) >= 11 is 0. The molecule has 0 atom stereocenters. The van der Waals surface area contributed by atoms with Crippen LogP contribution in [0.15, 0.2) is 42.5 Å². The molecule has 134 valence electrons. The van der Waals surface area contributed by atoms with Crippen molar-refractivity contribution >= 4 is 5.91 Å². The zero-order chi connectivity index (χ0) is 18.8. The van der Waals surface area contributed by atoms with Crippen molar-refractivity contribution in [3.05, 3.63) is 64.7 Å². The number of alkyl halides is 6. The maximum absolute atomic E-state index is 12.8. The van der Waals surface area contributed by atoms with E-state index < -0.39 is 35.9 Å². The molecule has 2 N–H and O–H groups in total. The molecule has 0 aromatic heterocycles. The summed E-state index contributed by atoms with van der Waals surface area (Å²) in [5.41, 5.74) is -3.44. The molecule has 0 aliphatic carbocycles. The predicted molar refractivity (Wildman–Crippen MR) is 75.7 cm³/mol. The van der Waals surface area contributed by atoms with E-state index in [1.165, 1.54) is 24.3 Å². The second-order valence-electron chi connectivity index (χ2n) is 5.11. The number of phenols is 1. The Morgan fingerprint density at radius 3 is 1.92 bits per heavy atom. The molecule has 0 saturated heterocycles. The van der Waals surface area contributed by atoms with Gasteiger partial charge in [-0.05, 0) is 35.9 Å². The minimum absolute atomic E-state index is 0.00828. The van der Waals surface area contributed by atoms with Gasteiger partial charge in [0.25, 0.3) is 5.91 Å². The monoisotopic (exact) mass is 363 g/mol. The molecular formula is C16H11F6NO2. The zero-order valence-electron chi connectivity index (χ0n) is 12.4. The highest BCUT2D eigenvalue weighted by atomic mass is 19.4. The van der Waals surface area contributed by atoms with Crippen molar-refractivity contribution in [3.8, 4) is 5.75 Å². The molecule has 0 aliphatic heterocycles. The molecule has 0 spiro atoms. The van der Waals surface area contributed by atoms with Crippen LogP contribution in [0.25, 0.3) is 0 Å². The van der Waals surface area contributed by atoms with Gasteiger partial charge in [0.1, 0.15) is 5.75 Å². The Morgan fingerprint density at radius 2 is 1.44 bits per heavy atom. The van der Waals surface area contributed by atoms with Crippen molar-refractivity contribution in [1.82, 2.24) is 5.32 Å². The molecule has 1 amide bonds. The van der Waals surface area contributed by atoms with E-state index in [2.05, 4.69) is 5.32 Å². The normalized spacial score (nSPS) is 12.1. The van der Waals surface area contributed by atoms with Gasteiger partial charge in [-0.3, -0.25) is 4.79 Å². The van der Waals surface area contributed by atoms with Gasteiger partial charge in [0, 0.05) is 6.54 Å². The van der Waals surface area contributed by atoms with Gasteiger partial charge < -0.3 is 10.4 Å². The van der Waals surface area contributed by atoms with Crippen molar-refractivity contribution < 1.29 is 36.2 Å². The number of amides is 1. The number of rotatable bonds is 3. The number of halogens is 6. The number of hydrogen-bond donors (Lipinski definition) is 2. The Labute approximate surface area is 137 Å². The number of para-hydroxylation sites is 1. The quantitative estimate of drug-likeness (QED) is 0.796. The second kappa shape index (κ2) is 6.66. The Kier molecular flexibility index (Phi) is 4.96. The first-order valence-electron chi connectivity index (χ1n) is 6.83. The Morgan fingerprint density at radius 1 is 0.920 bits per heavy atom. The van der Waals surface area contributed by atoms with Gasteiger partial charge in [0.2, 0.25) is 0 Å². The van der Waals surface area contributed by atoms with Crippen molar-refractivity contribution in [3.63, 3.8) is 0 Å². The molecule has 2 rings (SSSR count). The molecule has 0 heterocycles. The van der Waals surface area contributed by atoms with Crippen LogP contribution in [0.2, 0.25) is 0 Å². The first-order chi connectivity index (χ1) is 11.5. The Hall–Kier alpha value is -2.71. The molecule has 9 heteroatoms. The molecule has 0 aliphatic rings. The summed E-state index contributed by atoms with van der Waals surface area (Å²) in [7, 11) is 0. The van der Waals surface area contributed by atoms with E-state index in [9.17, 15) is 36.2 Å². The lowest BCUT2D eigenvalue weighted by Crippen LogP contribution is -2.23. The van der Waals surface area contributed by atoms with Gasteiger partial charge >= 0.3 is 12.4 Å². The third kappa shape index (κ3) is 4.65. The molecule has 0 saturated carbocycles. The maximum Gasteiger partial charge on any atom is 0.416 e. The third-order valence-corrected chi connectivity index (χ3v) is 3.25. The third-order valence-electron chi connectivity index (χ3n) is 3.25. The molecule has 25 heavy (non-hydrogen) atoms. The number of carbonyl (C=O) groups is 1. The fourth-order valence-corrected chi connectivity index (χ4v) is 2.06. The van der Waals surface area contributed by atoms with Crippen LogP contribution in [0.5, 0.6) is 5.75 Å². The van der Waals surface area contributed by atoms with Gasteiger partial charge in [-0.2, -0.15) is 26.3 Å².